The molecule has 152 valence electrons. The molecule has 28 heavy (non-hydrogen) atoms. The molecule has 0 aliphatic heterocycles. The van der Waals surface area contributed by atoms with Crippen LogP contribution in [-0.2, 0) is 16.5 Å². The van der Waals surface area contributed by atoms with E-state index in [-0.39, 0.29) is 24.2 Å². The summed E-state index contributed by atoms with van der Waals surface area (Å²) in [5.74, 6) is -0.358. The topological polar surface area (TPSA) is 104 Å². The van der Waals surface area contributed by atoms with Crippen molar-refractivity contribution in [2.24, 2.45) is 7.05 Å². The van der Waals surface area contributed by atoms with Crippen LogP contribution in [0.3, 0.4) is 0 Å². The molecule has 0 fully saturated rings. The van der Waals surface area contributed by atoms with Crippen molar-refractivity contribution in [3.63, 3.8) is 0 Å². The average molecular weight is 390 g/mol. The molecule has 0 radical (unpaired) electrons. The van der Waals surface area contributed by atoms with Crippen molar-refractivity contribution in [1.82, 2.24) is 15.1 Å². The minimum atomic E-state index is -0.480. The number of aryl methyl sites for hydroxylation is 1. The van der Waals surface area contributed by atoms with Gasteiger partial charge in [-0.15, -0.1) is 5.10 Å². The zero-order valence-electron chi connectivity index (χ0n) is 16.5. The molecule has 9 nitrogen and oxygen atoms in total. The number of ether oxygens (including phenoxy) is 3. The highest BCUT2D eigenvalue weighted by molar-refractivity contribution is 6.06. The fraction of sp³-hybridized carbons (Fsp3) is 0.421. The molecule has 0 saturated heterocycles. The first-order chi connectivity index (χ1) is 13.5. The third-order valence-corrected chi connectivity index (χ3v) is 3.77. The Morgan fingerprint density at radius 3 is 2.32 bits per heavy atom. The summed E-state index contributed by atoms with van der Waals surface area (Å²) in [4.78, 5) is 24.6. The Kier molecular flexibility index (Phi) is 7.97. The van der Waals surface area contributed by atoms with Gasteiger partial charge in [-0.25, -0.2) is 0 Å². The molecule has 1 aromatic heterocycles. The lowest BCUT2D eigenvalue weighted by Gasteiger charge is -2.17. The summed E-state index contributed by atoms with van der Waals surface area (Å²) in [6, 6.07) is 6.56. The number of nitrogens with one attached hydrogen (secondary N) is 2. The van der Waals surface area contributed by atoms with Gasteiger partial charge >= 0.3 is 0 Å². The van der Waals surface area contributed by atoms with E-state index < -0.39 is 6.29 Å². The molecule has 0 spiro atoms. The Morgan fingerprint density at radius 1 is 1.11 bits per heavy atom. The SMILES string of the molecule is CCOC(CNC(=O)c1ccc(NC(=O)c2cn(C)nc2OC)cc1)OCC. The molecule has 2 N–H and O–H groups in total. The van der Waals surface area contributed by atoms with E-state index in [4.69, 9.17) is 14.2 Å². The standard InChI is InChI=1S/C19H26N4O5/c1-5-27-16(28-6-2)11-20-17(24)13-7-9-14(10-8-13)21-18(25)15-12-23(3)22-19(15)26-4/h7-10,12,16H,5-6,11H2,1-4H3,(H,20,24)(H,21,25). The van der Waals surface area contributed by atoms with Crippen molar-refractivity contribution in [3.05, 3.63) is 41.6 Å². The van der Waals surface area contributed by atoms with Crippen LogP contribution in [0.15, 0.2) is 30.5 Å². The van der Waals surface area contributed by atoms with Gasteiger partial charge in [-0.3, -0.25) is 14.3 Å². The Hall–Kier alpha value is -2.91. The van der Waals surface area contributed by atoms with E-state index in [1.165, 1.54) is 11.8 Å². The lowest BCUT2D eigenvalue weighted by Crippen LogP contribution is -2.35. The number of hydrogen-bond acceptors (Lipinski definition) is 6. The summed E-state index contributed by atoms with van der Waals surface area (Å²) in [5, 5.41) is 9.57. The zero-order valence-corrected chi connectivity index (χ0v) is 16.5. The molecule has 0 bridgehead atoms. The summed E-state index contributed by atoms with van der Waals surface area (Å²) >= 11 is 0. The van der Waals surface area contributed by atoms with Crippen molar-refractivity contribution >= 4 is 17.5 Å². The second-order valence-corrected chi connectivity index (χ2v) is 5.81. The molecule has 1 aromatic carbocycles. The smallest absolute Gasteiger partial charge is 0.262 e. The third-order valence-electron chi connectivity index (χ3n) is 3.77. The van der Waals surface area contributed by atoms with Gasteiger partial charge in [0.05, 0.1) is 13.7 Å². The number of methoxy groups -OCH3 is 1. The molecule has 0 saturated carbocycles. The Labute approximate surface area is 164 Å². The maximum absolute atomic E-state index is 12.4. The molecule has 1 heterocycles. The number of carbonyl (C=O) groups excluding carboxylic acids is 2. The molecule has 0 aliphatic rings. The van der Waals surface area contributed by atoms with Gasteiger partial charge < -0.3 is 24.8 Å². The number of amides is 2. The van der Waals surface area contributed by atoms with Crippen LogP contribution in [0.25, 0.3) is 0 Å². The van der Waals surface area contributed by atoms with Crippen LogP contribution >= 0.6 is 0 Å². The van der Waals surface area contributed by atoms with E-state index in [0.717, 1.165) is 0 Å². The Bertz CT molecular complexity index is 782. The Morgan fingerprint density at radius 2 is 1.75 bits per heavy atom. The fourth-order valence-electron chi connectivity index (χ4n) is 2.49. The molecular weight excluding hydrogens is 364 g/mol. The lowest BCUT2D eigenvalue weighted by molar-refractivity contribution is -0.131. The first kappa shape index (κ1) is 21.4. The van der Waals surface area contributed by atoms with Crippen LogP contribution in [0.1, 0.15) is 34.6 Å². The first-order valence-corrected chi connectivity index (χ1v) is 8.98. The fourth-order valence-corrected chi connectivity index (χ4v) is 2.49. The molecule has 0 unspecified atom stereocenters. The Balaban J connectivity index is 1.95. The van der Waals surface area contributed by atoms with E-state index >= 15 is 0 Å². The predicted molar refractivity (Wildman–Crippen MR) is 104 cm³/mol. The molecule has 2 aromatic rings. The second-order valence-electron chi connectivity index (χ2n) is 5.81. The van der Waals surface area contributed by atoms with Crippen molar-refractivity contribution < 1.29 is 23.8 Å². The van der Waals surface area contributed by atoms with Crippen LogP contribution in [0.4, 0.5) is 5.69 Å². The highest BCUT2D eigenvalue weighted by atomic mass is 16.7. The maximum Gasteiger partial charge on any atom is 0.262 e. The summed E-state index contributed by atoms with van der Waals surface area (Å²) in [6.07, 6.45) is 1.09. The molecule has 9 heteroatoms. The van der Waals surface area contributed by atoms with Crippen LogP contribution < -0.4 is 15.4 Å². The van der Waals surface area contributed by atoms with Crippen LogP contribution in [0.5, 0.6) is 5.88 Å². The lowest BCUT2D eigenvalue weighted by atomic mass is 10.2. The summed E-state index contributed by atoms with van der Waals surface area (Å²) < 4.78 is 17.4. The van der Waals surface area contributed by atoms with Crippen molar-refractivity contribution in [2.75, 3.05) is 32.2 Å². The van der Waals surface area contributed by atoms with Crippen molar-refractivity contribution in [1.29, 1.82) is 0 Å². The van der Waals surface area contributed by atoms with E-state index in [2.05, 4.69) is 15.7 Å². The number of anilines is 1. The van der Waals surface area contributed by atoms with Gasteiger partial charge in [0.2, 0.25) is 5.88 Å². The summed E-state index contributed by atoms with van der Waals surface area (Å²) in [5.41, 5.74) is 1.34. The zero-order chi connectivity index (χ0) is 20.5. The molecule has 2 amide bonds. The van der Waals surface area contributed by atoms with Gasteiger partial charge in [-0.1, -0.05) is 0 Å². The number of carbonyl (C=O) groups is 2. The van der Waals surface area contributed by atoms with Crippen molar-refractivity contribution in [3.8, 4) is 5.88 Å². The van der Waals surface area contributed by atoms with E-state index in [1.54, 1.807) is 37.5 Å². The molecule has 0 atom stereocenters. The summed E-state index contributed by atoms with van der Waals surface area (Å²) in [6.45, 7) is 4.97. The van der Waals surface area contributed by atoms with Gasteiger partial charge in [0.25, 0.3) is 11.8 Å². The van der Waals surface area contributed by atoms with Gasteiger partial charge in [-0.05, 0) is 38.1 Å². The van der Waals surface area contributed by atoms with Gasteiger partial charge in [0.15, 0.2) is 6.29 Å². The highest BCUT2D eigenvalue weighted by Crippen LogP contribution is 2.17. The van der Waals surface area contributed by atoms with Crippen LogP contribution in [0.2, 0.25) is 0 Å². The van der Waals surface area contributed by atoms with Crippen molar-refractivity contribution in [2.45, 2.75) is 20.1 Å². The second kappa shape index (κ2) is 10.4. The number of nitrogens with zero attached hydrogens (tertiary/aromatic N) is 2. The molecular formula is C19H26N4O5. The third kappa shape index (κ3) is 5.80. The quantitative estimate of drug-likeness (QED) is 0.600. The number of benzene rings is 1. The minimum absolute atomic E-state index is 0.245. The van der Waals surface area contributed by atoms with Crippen LogP contribution in [-0.4, -0.2) is 54.8 Å². The number of hydrogen-bond donors (Lipinski definition) is 2. The molecule has 0 aliphatic carbocycles. The van der Waals surface area contributed by atoms with E-state index in [9.17, 15) is 9.59 Å². The minimum Gasteiger partial charge on any atom is -0.479 e. The predicted octanol–water partition coefficient (Wildman–Crippen LogP) is 1.81. The van der Waals surface area contributed by atoms with Gasteiger partial charge in [0, 0.05) is 37.7 Å². The van der Waals surface area contributed by atoms with Gasteiger partial charge in [0.1, 0.15) is 5.56 Å². The number of aromatic nitrogens is 2. The van der Waals surface area contributed by atoms with Crippen LogP contribution in [0, 0.1) is 0 Å². The normalized spacial score (nSPS) is 10.8. The van der Waals surface area contributed by atoms with Gasteiger partial charge in [-0.2, -0.15) is 0 Å². The summed E-state index contributed by atoms with van der Waals surface area (Å²) in [7, 11) is 3.16. The average Bonchev–Trinajstić information content (AvgIpc) is 3.08. The monoisotopic (exact) mass is 390 g/mol. The largest absolute Gasteiger partial charge is 0.479 e. The maximum atomic E-state index is 12.4. The van der Waals surface area contributed by atoms with E-state index in [1.807, 2.05) is 13.8 Å². The number of rotatable bonds is 10. The highest BCUT2D eigenvalue weighted by Gasteiger charge is 2.17. The first-order valence-electron chi connectivity index (χ1n) is 8.98. The van der Waals surface area contributed by atoms with E-state index in [0.29, 0.717) is 30.0 Å². The molecule has 2 rings (SSSR count).